The van der Waals surface area contributed by atoms with E-state index in [1.807, 2.05) is 0 Å². The molecule has 1 aliphatic carbocycles. The molecule has 1 aromatic heterocycles. The Labute approximate surface area is 128 Å². The van der Waals surface area contributed by atoms with Gasteiger partial charge in [-0.05, 0) is 62.4 Å². The lowest BCUT2D eigenvalue weighted by Crippen LogP contribution is -2.27. The van der Waals surface area contributed by atoms with E-state index < -0.39 is 0 Å². The Morgan fingerprint density at radius 3 is 2.76 bits per heavy atom. The van der Waals surface area contributed by atoms with Gasteiger partial charge in [-0.2, -0.15) is 0 Å². The van der Waals surface area contributed by atoms with Crippen molar-refractivity contribution in [3.63, 3.8) is 0 Å². The molecule has 1 heterocycles. The Hall–Kier alpha value is -1.41. The third-order valence-corrected chi connectivity index (χ3v) is 4.70. The highest BCUT2D eigenvalue weighted by Gasteiger charge is 2.25. The van der Waals surface area contributed by atoms with E-state index in [2.05, 4.69) is 54.5 Å². The number of rotatable bonds is 5. The first kappa shape index (κ1) is 14.5. The zero-order chi connectivity index (χ0) is 14.7. The molecule has 1 aliphatic rings. The monoisotopic (exact) mass is 282 g/mol. The van der Waals surface area contributed by atoms with Crippen LogP contribution in [0.25, 0.3) is 10.9 Å². The second-order valence-electron chi connectivity index (χ2n) is 6.38. The Bertz CT molecular complexity index is 600. The molecule has 3 rings (SSSR count). The van der Waals surface area contributed by atoms with Gasteiger partial charge < -0.3 is 5.32 Å². The molecule has 0 bridgehead atoms. The van der Waals surface area contributed by atoms with Crippen LogP contribution >= 0.6 is 0 Å². The quantitative estimate of drug-likeness (QED) is 0.854. The fourth-order valence-corrected chi connectivity index (χ4v) is 3.59. The highest BCUT2D eigenvalue weighted by Crippen LogP contribution is 2.36. The first-order chi connectivity index (χ1) is 10.3. The van der Waals surface area contributed by atoms with Gasteiger partial charge in [0, 0.05) is 17.1 Å². The number of aromatic nitrogens is 1. The van der Waals surface area contributed by atoms with E-state index in [4.69, 9.17) is 0 Å². The van der Waals surface area contributed by atoms with Crippen LogP contribution in [0.4, 0.5) is 0 Å². The van der Waals surface area contributed by atoms with Gasteiger partial charge in [0.1, 0.15) is 0 Å². The molecule has 1 unspecified atom stereocenters. The van der Waals surface area contributed by atoms with Crippen molar-refractivity contribution in [3.05, 3.63) is 41.6 Å². The molecule has 0 saturated heterocycles. The lowest BCUT2D eigenvalue weighted by molar-refractivity contribution is 0.368. The number of fused-ring (bicyclic) bond motifs is 1. The second kappa shape index (κ2) is 6.57. The van der Waals surface area contributed by atoms with Gasteiger partial charge in [-0.25, -0.2) is 0 Å². The van der Waals surface area contributed by atoms with Crippen molar-refractivity contribution in [2.45, 2.75) is 52.0 Å². The highest BCUT2D eigenvalue weighted by molar-refractivity contribution is 5.79. The van der Waals surface area contributed by atoms with Gasteiger partial charge in [0.25, 0.3) is 0 Å². The summed E-state index contributed by atoms with van der Waals surface area (Å²) in [7, 11) is 0. The number of hydrogen-bond donors (Lipinski definition) is 1. The lowest BCUT2D eigenvalue weighted by Gasteiger charge is -2.25. The molecule has 0 radical (unpaired) electrons. The fourth-order valence-electron chi connectivity index (χ4n) is 3.59. The van der Waals surface area contributed by atoms with Crippen LogP contribution < -0.4 is 5.32 Å². The average molecular weight is 282 g/mol. The molecule has 2 aromatic rings. The van der Waals surface area contributed by atoms with Crippen LogP contribution in [0.15, 0.2) is 30.3 Å². The van der Waals surface area contributed by atoms with Crippen LogP contribution in [0.2, 0.25) is 0 Å². The van der Waals surface area contributed by atoms with Crippen molar-refractivity contribution in [3.8, 4) is 0 Å². The molecule has 0 spiro atoms. The molecular weight excluding hydrogens is 256 g/mol. The molecule has 1 aromatic carbocycles. The maximum Gasteiger partial charge on any atom is 0.0705 e. The number of nitrogens with zero attached hydrogens (tertiary/aromatic N) is 1. The number of hydrogen-bond acceptors (Lipinski definition) is 2. The van der Waals surface area contributed by atoms with Gasteiger partial charge in [0.2, 0.25) is 0 Å². The van der Waals surface area contributed by atoms with Gasteiger partial charge in [-0.1, -0.05) is 31.9 Å². The minimum absolute atomic E-state index is 0.512. The molecule has 21 heavy (non-hydrogen) atoms. The first-order valence-corrected chi connectivity index (χ1v) is 8.38. The van der Waals surface area contributed by atoms with Crippen molar-refractivity contribution >= 4 is 10.9 Å². The standard InChI is InChI=1S/C19H26N2/c1-3-12-20-19(15-6-4-5-7-15)17-10-11-18-16(13-17)9-8-14(2)21-18/h8-11,13,15,19-20H,3-7,12H2,1-2H3. The summed E-state index contributed by atoms with van der Waals surface area (Å²) in [6.07, 6.45) is 6.71. The zero-order valence-corrected chi connectivity index (χ0v) is 13.2. The maximum absolute atomic E-state index is 4.62. The summed E-state index contributed by atoms with van der Waals surface area (Å²) in [5.74, 6) is 0.799. The van der Waals surface area contributed by atoms with E-state index in [-0.39, 0.29) is 0 Å². The SMILES string of the molecule is CCCNC(c1ccc2nc(C)ccc2c1)C1CCCC1. The number of benzene rings is 1. The van der Waals surface area contributed by atoms with E-state index in [0.717, 1.165) is 23.7 Å². The second-order valence-corrected chi connectivity index (χ2v) is 6.38. The molecule has 0 aliphatic heterocycles. The summed E-state index contributed by atoms with van der Waals surface area (Å²) in [4.78, 5) is 4.62. The van der Waals surface area contributed by atoms with Crippen LogP contribution in [-0.2, 0) is 0 Å². The molecule has 112 valence electrons. The van der Waals surface area contributed by atoms with Crippen molar-refractivity contribution in [1.82, 2.24) is 10.3 Å². The lowest BCUT2D eigenvalue weighted by atomic mass is 9.90. The normalized spacial score (nSPS) is 17.4. The summed E-state index contributed by atoms with van der Waals surface area (Å²) >= 11 is 0. The van der Waals surface area contributed by atoms with Crippen LogP contribution in [0.1, 0.15) is 56.3 Å². The smallest absolute Gasteiger partial charge is 0.0705 e. The van der Waals surface area contributed by atoms with E-state index in [9.17, 15) is 0 Å². The van der Waals surface area contributed by atoms with E-state index >= 15 is 0 Å². The third kappa shape index (κ3) is 3.26. The minimum atomic E-state index is 0.512. The predicted molar refractivity (Wildman–Crippen MR) is 89.5 cm³/mol. The number of aryl methyl sites for hydroxylation is 1. The predicted octanol–water partition coefficient (Wildman–Crippen LogP) is 4.77. The summed E-state index contributed by atoms with van der Waals surface area (Å²) < 4.78 is 0. The van der Waals surface area contributed by atoms with Gasteiger partial charge in [0.15, 0.2) is 0 Å². The summed E-state index contributed by atoms with van der Waals surface area (Å²) in [6.45, 7) is 5.40. The average Bonchev–Trinajstić information content (AvgIpc) is 3.02. The molecule has 1 fully saturated rings. The minimum Gasteiger partial charge on any atom is -0.310 e. The van der Waals surface area contributed by atoms with Crippen molar-refractivity contribution < 1.29 is 0 Å². The highest BCUT2D eigenvalue weighted by atomic mass is 14.9. The van der Waals surface area contributed by atoms with Gasteiger partial charge in [-0.15, -0.1) is 0 Å². The molecule has 1 N–H and O–H groups in total. The van der Waals surface area contributed by atoms with Gasteiger partial charge in [0.05, 0.1) is 5.52 Å². The molecular formula is C19H26N2. The first-order valence-electron chi connectivity index (χ1n) is 8.38. The maximum atomic E-state index is 4.62. The molecule has 1 atom stereocenters. The number of pyridine rings is 1. The van der Waals surface area contributed by atoms with Crippen LogP contribution in [0, 0.1) is 12.8 Å². The summed E-state index contributed by atoms with van der Waals surface area (Å²) in [5, 5.41) is 5.05. The molecule has 2 nitrogen and oxygen atoms in total. The number of nitrogens with one attached hydrogen (secondary N) is 1. The largest absolute Gasteiger partial charge is 0.310 e. The van der Waals surface area contributed by atoms with E-state index in [1.165, 1.54) is 43.1 Å². The van der Waals surface area contributed by atoms with Gasteiger partial charge in [-0.3, -0.25) is 4.98 Å². The van der Waals surface area contributed by atoms with Crippen LogP contribution in [-0.4, -0.2) is 11.5 Å². The third-order valence-electron chi connectivity index (χ3n) is 4.70. The summed E-state index contributed by atoms with van der Waals surface area (Å²) in [5.41, 5.74) is 3.64. The zero-order valence-electron chi connectivity index (χ0n) is 13.2. The van der Waals surface area contributed by atoms with E-state index in [1.54, 1.807) is 0 Å². The Kier molecular flexibility index (Phi) is 4.54. The molecule has 0 amide bonds. The topological polar surface area (TPSA) is 24.9 Å². The van der Waals surface area contributed by atoms with Crippen LogP contribution in [0.5, 0.6) is 0 Å². The van der Waals surface area contributed by atoms with Crippen LogP contribution in [0.3, 0.4) is 0 Å². The van der Waals surface area contributed by atoms with E-state index in [0.29, 0.717) is 6.04 Å². The Balaban J connectivity index is 1.91. The van der Waals surface area contributed by atoms with Gasteiger partial charge >= 0.3 is 0 Å². The molecule has 1 saturated carbocycles. The van der Waals surface area contributed by atoms with Crippen molar-refractivity contribution in [2.75, 3.05) is 6.54 Å². The summed E-state index contributed by atoms with van der Waals surface area (Å²) in [6, 6.07) is 11.6. The Morgan fingerprint density at radius 2 is 2.00 bits per heavy atom. The fraction of sp³-hybridized carbons (Fsp3) is 0.526. The van der Waals surface area contributed by atoms with Crippen molar-refractivity contribution in [1.29, 1.82) is 0 Å². The molecule has 2 heteroatoms. The Morgan fingerprint density at radius 1 is 1.19 bits per heavy atom. The van der Waals surface area contributed by atoms with Crippen molar-refractivity contribution in [2.24, 2.45) is 5.92 Å².